The zero-order valence-electron chi connectivity index (χ0n) is 4.45. The van der Waals surface area contributed by atoms with Crippen molar-refractivity contribution >= 4 is 34.9 Å². The van der Waals surface area contributed by atoms with Crippen molar-refractivity contribution in [3.8, 4) is 0 Å². The number of alkyl halides is 1. The van der Waals surface area contributed by atoms with Crippen LogP contribution >= 0.6 is 21.7 Å². The van der Waals surface area contributed by atoms with Crippen LogP contribution in [0.2, 0.25) is 10.6 Å². The molecule has 7 heavy (non-hydrogen) atoms. The van der Waals surface area contributed by atoms with Crippen molar-refractivity contribution in [3.05, 3.63) is 0 Å². The lowest BCUT2D eigenvalue weighted by Gasteiger charge is -1.90. The van der Waals surface area contributed by atoms with Crippen molar-refractivity contribution in [3.63, 3.8) is 0 Å². The number of halogens is 2. The van der Waals surface area contributed by atoms with E-state index in [0.29, 0.717) is 0 Å². The molecule has 0 heterocycles. The molecule has 3 heteroatoms. The number of hydrogen-bond acceptors (Lipinski definition) is 0. The zero-order chi connectivity index (χ0) is 5.70. The van der Waals surface area contributed by atoms with Gasteiger partial charge in [0.25, 0.3) is 0 Å². The summed E-state index contributed by atoms with van der Waals surface area (Å²) in [5.74, 6) is 0.744. The monoisotopic (exact) mass is 154 g/mol. The van der Waals surface area contributed by atoms with E-state index in [2.05, 4.69) is 6.92 Å². The first-order valence-electron chi connectivity index (χ1n) is 2.51. The summed E-state index contributed by atoms with van der Waals surface area (Å²) in [6, 6.07) is 0. The van der Waals surface area contributed by atoms with E-state index < -0.39 is 13.2 Å². The van der Waals surface area contributed by atoms with Crippen LogP contribution in [0.4, 0.5) is 0 Å². The molecule has 0 aliphatic carbocycles. The fourth-order valence-electron chi connectivity index (χ4n) is 0.323. The van der Waals surface area contributed by atoms with Crippen LogP contribution in [0.3, 0.4) is 0 Å². The van der Waals surface area contributed by atoms with E-state index in [1.54, 1.807) is 0 Å². The van der Waals surface area contributed by atoms with Crippen molar-refractivity contribution in [1.29, 1.82) is 0 Å². The number of hydrogen-bond donors (Lipinski definition) is 0. The van der Waals surface area contributed by atoms with Gasteiger partial charge in [0.1, 0.15) is 0 Å². The normalized spacial score (nSPS) is 9.00. The molecule has 0 aromatic rings. The van der Waals surface area contributed by atoms with Gasteiger partial charge in [-0.25, -0.2) is 0 Å². The van der Waals surface area contributed by atoms with Crippen LogP contribution < -0.4 is 0 Å². The standard InChI is InChI=1S/C2H4Cl.C2H5.Al.ClH/c1-2-3;1-2;;/h1-2H2;1H2,2H3;;1H/q;;+1;/p-1. The summed E-state index contributed by atoms with van der Waals surface area (Å²) >= 11 is 4.58. The molecule has 0 aromatic carbocycles. The molecule has 0 saturated carbocycles. The van der Waals surface area contributed by atoms with Crippen molar-refractivity contribution < 1.29 is 0 Å². The van der Waals surface area contributed by atoms with Gasteiger partial charge in [0.15, 0.2) is 0 Å². The first-order chi connectivity index (χ1) is 3.31. The highest BCUT2D eigenvalue weighted by Gasteiger charge is 2.08. The molecule has 0 spiro atoms. The molecule has 0 saturated heterocycles. The van der Waals surface area contributed by atoms with Crippen LogP contribution in [0.25, 0.3) is 0 Å². The fourth-order valence-corrected chi connectivity index (χ4v) is 2.42. The summed E-state index contributed by atoms with van der Waals surface area (Å²) in [5, 5.41) is 2.23. The lowest BCUT2D eigenvalue weighted by molar-refractivity contribution is 1.35. The second kappa shape index (κ2) is 5.25. The molecule has 0 rings (SSSR count). The molecular formula is C4H9AlCl2. The Balaban J connectivity index is 2.83. The summed E-state index contributed by atoms with van der Waals surface area (Å²) < 4.78 is 0. The molecule has 0 amide bonds. The average molecular weight is 155 g/mol. The quantitative estimate of drug-likeness (QED) is 0.433. The van der Waals surface area contributed by atoms with Crippen LogP contribution in [-0.4, -0.2) is 19.1 Å². The van der Waals surface area contributed by atoms with Gasteiger partial charge in [0, 0.05) is 5.88 Å². The molecule has 0 fully saturated rings. The first kappa shape index (κ1) is 8.11. The smallest absolute Gasteiger partial charge is 0.261 e. The maximum Gasteiger partial charge on any atom is 0.400 e. The van der Waals surface area contributed by atoms with Crippen LogP contribution in [0.5, 0.6) is 0 Å². The SMILES string of the molecule is C[CH2][Al]([Cl])[CH2]CCl. The van der Waals surface area contributed by atoms with E-state index in [0.717, 1.165) is 16.4 Å². The third-order valence-electron chi connectivity index (χ3n) is 0.865. The van der Waals surface area contributed by atoms with E-state index in [9.17, 15) is 0 Å². The number of rotatable bonds is 3. The molecule has 0 aromatic heterocycles. The van der Waals surface area contributed by atoms with Gasteiger partial charge in [-0.15, -0.1) is 11.6 Å². The summed E-state index contributed by atoms with van der Waals surface area (Å²) in [4.78, 5) is 0. The minimum atomic E-state index is -0.841. The van der Waals surface area contributed by atoms with Gasteiger partial charge in [-0.05, 0) is 0 Å². The molecule has 0 radical (unpaired) electrons. The Morgan fingerprint density at radius 1 is 1.57 bits per heavy atom. The summed E-state index contributed by atoms with van der Waals surface area (Å²) in [5.41, 5.74) is 0. The van der Waals surface area contributed by atoms with Crippen LogP contribution in [0.1, 0.15) is 6.92 Å². The fraction of sp³-hybridized carbons (Fsp3) is 1.00. The zero-order valence-corrected chi connectivity index (χ0v) is 7.12. The lowest BCUT2D eigenvalue weighted by atomic mass is 10.9. The topological polar surface area (TPSA) is 0 Å². The Morgan fingerprint density at radius 3 is 2.29 bits per heavy atom. The second-order valence-corrected chi connectivity index (χ2v) is 6.30. The molecule has 0 aliphatic heterocycles. The van der Waals surface area contributed by atoms with Crippen molar-refractivity contribution in [1.82, 2.24) is 0 Å². The first-order valence-corrected chi connectivity index (χ1v) is 6.42. The predicted molar refractivity (Wildman–Crippen MR) is 37.6 cm³/mol. The average Bonchev–Trinajstić information content (AvgIpc) is 1.68. The molecule has 42 valence electrons. The van der Waals surface area contributed by atoms with Gasteiger partial charge in [0.2, 0.25) is 0 Å². The van der Waals surface area contributed by atoms with E-state index in [4.69, 9.17) is 21.7 Å². The summed E-state index contributed by atoms with van der Waals surface area (Å²) in [6.45, 7) is 2.12. The molecular weight excluding hydrogens is 146 g/mol. The van der Waals surface area contributed by atoms with E-state index in [-0.39, 0.29) is 0 Å². The predicted octanol–water partition coefficient (Wildman–Crippen LogP) is 2.48. The van der Waals surface area contributed by atoms with E-state index >= 15 is 0 Å². The Kier molecular flexibility index (Phi) is 6.09. The van der Waals surface area contributed by atoms with Gasteiger partial charge >= 0.3 is 13.2 Å². The summed E-state index contributed by atoms with van der Waals surface area (Å²) in [6.07, 6.45) is 0. The second-order valence-electron chi connectivity index (χ2n) is 1.48. The summed E-state index contributed by atoms with van der Waals surface area (Å²) in [7, 11) is 5.82. The van der Waals surface area contributed by atoms with Crippen molar-refractivity contribution in [2.75, 3.05) is 5.88 Å². The van der Waals surface area contributed by atoms with Crippen molar-refractivity contribution in [2.24, 2.45) is 0 Å². The largest absolute Gasteiger partial charge is 0.400 e. The maximum atomic E-state index is 5.82. The van der Waals surface area contributed by atoms with Crippen molar-refractivity contribution in [2.45, 2.75) is 17.5 Å². The Bertz CT molecular complexity index is 40.7. The molecule has 0 nitrogen and oxygen atoms in total. The van der Waals surface area contributed by atoms with Crippen LogP contribution in [0, 0.1) is 0 Å². The van der Waals surface area contributed by atoms with Gasteiger partial charge in [-0.2, -0.15) is 0 Å². The highest BCUT2D eigenvalue weighted by atomic mass is 35.6. The maximum absolute atomic E-state index is 5.82. The highest BCUT2D eigenvalue weighted by molar-refractivity contribution is 7.07. The Morgan fingerprint density at radius 2 is 2.14 bits per heavy atom. The van der Waals surface area contributed by atoms with Gasteiger partial charge < -0.3 is 0 Å². The third-order valence-corrected chi connectivity index (χ3v) is 4.83. The highest BCUT2D eigenvalue weighted by Crippen LogP contribution is 2.03. The van der Waals surface area contributed by atoms with Crippen LogP contribution in [0.15, 0.2) is 0 Å². The molecule has 0 unspecified atom stereocenters. The Hall–Kier alpha value is 1.11. The minimum absolute atomic E-state index is 0.744. The van der Waals surface area contributed by atoms with Gasteiger partial charge in [-0.3, -0.25) is 10.0 Å². The van der Waals surface area contributed by atoms with Crippen LogP contribution in [-0.2, 0) is 0 Å². The van der Waals surface area contributed by atoms with E-state index in [1.165, 1.54) is 0 Å². The van der Waals surface area contributed by atoms with Gasteiger partial charge in [-0.1, -0.05) is 17.5 Å². The lowest BCUT2D eigenvalue weighted by Crippen LogP contribution is -1.99. The molecule has 0 bridgehead atoms. The molecule has 0 aliphatic rings. The third kappa shape index (κ3) is 4.98. The molecule has 0 N–H and O–H groups in total. The van der Waals surface area contributed by atoms with E-state index in [1.807, 2.05) is 0 Å². The van der Waals surface area contributed by atoms with Gasteiger partial charge in [0.05, 0.1) is 0 Å². The Labute approximate surface area is 58.4 Å². The minimum Gasteiger partial charge on any atom is -0.261 e. The molecule has 0 atom stereocenters.